The molecule has 240 valence electrons. The Labute approximate surface area is 262 Å². The summed E-state index contributed by atoms with van der Waals surface area (Å²) in [5, 5.41) is 15.9. The van der Waals surface area contributed by atoms with E-state index in [0.717, 1.165) is 11.1 Å². The molecule has 3 rings (SSSR count). The molecule has 4 atom stereocenters. The van der Waals surface area contributed by atoms with Crippen molar-refractivity contribution >= 4 is 35.3 Å². The molecule has 0 spiro atoms. The number of carbonyl (C=O) groups is 4. The van der Waals surface area contributed by atoms with Crippen LogP contribution in [0, 0.1) is 5.92 Å². The average Bonchev–Trinajstić information content (AvgIpc) is 3.00. The number of carboxylic acid groups (broad SMARTS) is 1. The Hall–Kier alpha value is -3.54. The lowest BCUT2D eigenvalue weighted by atomic mass is 9.81. The number of halogens is 2. The predicted octanol–water partition coefficient (Wildman–Crippen LogP) is 2.90. The number of amides is 3. The number of ether oxygens (including phenoxy) is 1. The van der Waals surface area contributed by atoms with Gasteiger partial charge in [0.15, 0.2) is 0 Å². The topological polar surface area (TPSA) is 151 Å². The number of nitrogens with one attached hydrogen (secondary N) is 2. The largest absolute Gasteiger partial charge is 0.481 e. The van der Waals surface area contributed by atoms with Crippen LogP contribution in [0.4, 0.5) is 4.39 Å². The summed E-state index contributed by atoms with van der Waals surface area (Å²) in [6, 6.07) is 14.3. The van der Waals surface area contributed by atoms with E-state index in [9.17, 15) is 28.7 Å². The van der Waals surface area contributed by atoms with Crippen molar-refractivity contribution in [1.82, 2.24) is 15.5 Å². The van der Waals surface area contributed by atoms with Crippen molar-refractivity contribution in [3.05, 3.63) is 70.7 Å². The van der Waals surface area contributed by atoms with E-state index in [2.05, 4.69) is 10.6 Å². The number of nitrogens with two attached hydrogens (primary N) is 1. The number of carbonyl (C=O) groups excluding carboxylic acids is 3. The smallest absolute Gasteiger partial charge is 0.304 e. The molecule has 0 saturated carbocycles. The third-order valence-electron chi connectivity index (χ3n) is 7.83. The minimum absolute atomic E-state index is 0.136. The van der Waals surface area contributed by atoms with Gasteiger partial charge in [-0.05, 0) is 61.8 Å². The molecule has 0 bridgehead atoms. The summed E-state index contributed by atoms with van der Waals surface area (Å²) in [6.07, 6.45) is 1.35. The molecule has 1 heterocycles. The minimum atomic E-state index is -1.11. The number of carboxylic acids is 1. The van der Waals surface area contributed by atoms with Gasteiger partial charge in [0.05, 0.1) is 30.6 Å². The van der Waals surface area contributed by atoms with Gasteiger partial charge in [-0.3, -0.25) is 23.6 Å². The first kappa shape index (κ1) is 34.9. The van der Waals surface area contributed by atoms with Gasteiger partial charge in [0, 0.05) is 31.8 Å². The van der Waals surface area contributed by atoms with Gasteiger partial charge in [-0.25, -0.2) is 0 Å². The summed E-state index contributed by atoms with van der Waals surface area (Å²) in [6.45, 7) is -0.0616. The van der Waals surface area contributed by atoms with Crippen LogP contribution >= 0.6 is 11.6 Å². The Balaban J connectivity index is 1.89. The highest BCUT2D eigenvalue weighted by atomic mass is 35.5. The fraction of sp³-hybridized carbons (Fsp3) is 0.500. The van der Waals surface area contributed by atoms with E-state index in [-0.39, 0.29) is 44.7 Å². The van der Waals surface area contributed by atoms with E-state index in [1.54, 1.807) is 17.0 Å². The number of benzene rings is 2. The predicted molar refractivity (Wildman–Crippen MR) is 165 cm³/mol. The number of rotatable bonds is 16. The second-order valence-corrected chi connectivity index (χ2v) is 11.8. The van der Waals surface area contributed by atoms with Gasteiger partial charge in [0.1, 0.15) is 6.04 Å². The van der Waals surface area contributed by atoms with Crippen molar-refractivity contribution < 1.29 is 33.4 Å². The number of aliphatic carboxylic acids is 1. The molecule has 1 fully saturated rings. The van der Waals surface area contributed by atoms with Crippen LogP contribution in [0.25, 0.3) is 0 Å². The van der Waals surface area contributed by atoms with Crippen LogP contribution in [-0.2, 0) is 36.8 Å². The van der Waals surface area contributed by atoms with Gasteiger partial charge in [0.25, 0.3) is 0 Å². The van der Waals surface area contributed by atoms with Crippen LogP contribution in [0.3, 0.4) is 0 Å². The maximum Gasteiger partial charge on any atom is 0.304 e. The van der Waals surface area contributed by atoms with Crippen LogP contribution in [0.5, 0.6) is 0 Å². The molecule has 1 aliphatic heterocycles. The normalized spacial score (nSPS) is 18.6. The zero-order valence-corrected chi connectivity index (χ0v) is 25.7. The summed E-state index contributed by atoms with van der Waals surface area (Å²) in [4.78, 5) is 53.7. The van der Waals surface area contributed by atoms with Crippen molar-refractivity contribution in [3.8, 4) is 0 Å². The fourth-order valence-corrected chi connectivity index (χ4v) is 5.72. The minimum Gasteiger partial charge on any atom is -0.481 e. The van der Waals surface area contributed by atoms with E-state index in [1.165, 1.54) is 7.11 Å². The summed E-state index contributed by atoms with van der Waals surface area (Å²) in [5.41, 5.74) is 6.58. The Kier molecular flexibility index (Phi) is 13.6. The lowest BCUT2D eigenvalue weighted by molar-refractivity contribution is -0.146. The van der Waals surface area contributed by atoms with Gasteiger partial charge < -0.3 is 31.1 Å². The summed E-state index contributed by atoms with van der Waals surface area (Å²) >= 11 is 6.11. The van der Waals surface area contributed by atoms with Crippen molar-refractivity contribution in [2.45, 2.75) is 62.6 Å². The highest BCUT2D eigenvalue weighted by Gasteiger charge is 2.41. The lowest BCUT2D eigenvalue weighted by Crippen LogP contribution is -2.64. The highest BCUT2D eigenvalue weighted by molar-refractivity contribution is 6.30. The summed E-state index contributed by atoms with van der Waals surface area (Å²) in [7, 11) is 1.47. The maximum absolute atomic E-state index is 13.9. The third kappa shape index (κ3) is 10.6. The van der Waals surface area contributed by atoms with Gasteiger partial charge in [-0.1, -0.05) is 54.1 Å². The zero-order chi connectivity index (χ0) is 32.1. The molecule has 44 heavy (non-hydrogen) atoms. The lowest BCUT2D eigenvalue weighted by Gasteiger charge is -2.45. The molecule has 3 amide bonds. The monoisotopic (exact) mass is 632 g/mol. The fourth-order valence-electron chi connectivity index (χ4n) is 5.60. The molecule has 2 aromatic rings. The number of hydrogen-bond donors (Lipinski definition) is 4. The molecule has 0 unspecified atom stereocenters. The van der Waals surface area contributed by atoms with E-state index in [0.29, 0.717) is 30.8 Å². The Morgan fingerprint density at radius 1 is 1.07 bits per heavy atom. The van der Waals surface area contributed by atoms with Crippen molar-refractivity contribution in [3.63, 3.8) is 0 Å². The highest BCUT2D eigenvalue weighted by Crippen LogP contribution is 2.29. The molecule has 2 aromatic carbocycles. The van der Waals surface area contributed by atoms with Crippen molar-refractivity contribution in [2.75, 3.05) is 33.5 Å². The van der Waals surface area contributed by atoms with Crippen LogP contribution < -0.4 is 16.4 Å². The Morgan fingerprint density at radius 3 is 2.41 bits per heavy atom. The van der Waals surface area contributed by atoms with Gasteiger partial charge in [0.2, 0.25) is 17.7 Å². The van der Waals surface area contributed by atoms with Gasteiger partial charge in [-0.15, -0.1) is 0 Å². The SMILES string of the molecule is COCC[C@H](NC(=O)[C@@H](N)CCF)C(=O)N[C@@]1(Cc2ccc(Cl)cc2)CCCN(C(=O)[C@@H](CC(=O)O)Cc2ccccc2)C1. The Bertz CT molecular complexity index is 1250. The molecule has 1 saturated heterocycles. The second kappa shape index (κ2) is 17.1. The number of methoxy groups -OCH3 is 1. The van der Waals surface area contributed by atoms with Gasteiger partial charge >= 0.3 is 5.97 Å². The first-order valence-corrected chi connectivity index (χ1v) is 15.2. The van der Waals surface area contributed by atoms with Crippen LogP contribution in [0.2, 0.25) is 5.02 Å². The van der Waals surface area contributed by atoms with E-state index in [1.807, 2.05) is 42.5 Å². The quantitative estimate of drug-likeness (QED) is 0.222. The summed E-state index contributed by atoms with van der Waals surface area (Å²) in [5.74, 6) is -3.30. The zero-order valence-electron chi connectivity index (χ0n) is 25.0. The Morgan fingerprint density at radius 2 is 1.77 bits per heavy atom. The molecular weight excluding hydrogens is 591 g/mol. The average molecular weight is 633 g/mol. The maximum atomic E-state index is 13.9. The third-order valence-corrected chi connectivity index (χ3v) is 8.08. The molecule has 0 aliphatic carbocycles. The molecular formula is C32H42ClFN4O6. The number of likely N-dealkylation sites (tertiary alicyclic amines) is 1. The first-order chi connectivity index (χ1) is 21.1. The van der Waals surface area contributed by atoms with Gasteiger partial charge in [-0.2, -0.15) is 0 Å². The number of piperidine rings is 1. The molecule has 0 radical (unpaired) electrons. The van der Waals surface area contributed by atoms with Crippen LogP contribution in [-0.4, -0.2) is 84.8 Å². The van der Waals surface area contributed by atoms with Crippen molar-refractivity contribution in [2.24, 2.45) is 11.7 Å². The first-order valence-electron chi connectivity index (χ1n) is 14.8. The standard InChI is InChI=1S/C32H42ClFN4O6/c1-44-17-13-27(36-29(41)26(35)12-15-34)30(42)37-32(20-23-8-10-25(33)11-9-23)14-5-16-38(21-32)31(43)24(19-28(39)40)18-22-6-3-2-4-7-22/h2-4,6-11,24,26-27H,5,12-21,35H2,1H3,(H,36,41)(H,37,42)(H,39,40)/t24-,26+,27+,32-/m1/s1. The van der Waals surface area contributed by atoms with Crippen LogP contribution in [0.15, 0.2) is 54.6 Å². The van der Waals surface area contributed by atoms with Crippen molar-refractivity contribution in [1.29, 1.82) is 0 Å². The van der Waals surface area contributed by atoms with E-state index >= 15 is 0 Å². The molecule has 1 aliphatic rings. The molecule has 10 nitrogen and oxygen atoms in total. The van der Waals surface area contributed by atoms with E-state index < -0.39 is 48.0 Å². The molecule has 5 N–H and O–H groups in total. The molecule has 12 heteroatoms. The van der Waals surface area contributed by atoms with E-state index in [4.69, 9.17) is 22.1 Å². The summed E-state index contributed by atoms with van der Waals surface area (Å²) < 4.78 is 18.0. The number of hydrogen-bond acceptors (Lipinski definition) is 6. The number of nitrogens with zero attached hydrogens (tertiary/aromatic N) is 1. The second-order valence-electron chi connectivity index (χ2n) is 11.3. The van der Waals surface area contributed by atoms with Crippen LogP contribution in [0.1, 0.15) is 43.2 Å². The number of alkyl halides is 1. The molecule has 0 aromatic heterocycles.